The van der Waals surface area contributed by atoms with Gasteiger partial charge < -0.3 is 14.5 Å². The Labute approximate surface area is 151 Å². The molecule has 0 amide bonds. The van der Waals surface area contributed by atoms with E-state index in [1.54, 1.807) is 14.2 Å². The van der Waals surface area contributed by atoms with Gasteiger partial charge in [-0.2, -0.15) is 5.26 Å². The van der Waals surface area contributed by atoms with Crippen molar-refractivity contribution >= 4 is 11.5 Å². The third-order valence-corrected chi connectivity index (χ3v) is 4.74. The Kier molecular flexibility index (Phi) is 4.71. The van der Waals surface area contributed by atoms with Gasteiger partial charge in [-0.15, -0.1) is 0 Å². The van der Waals surface area contributed by atoms with Crippen molar-refractivity contribution in [2.45, 2.75) is 0 Å². The number of benzene rings is 1. The number of ether oxygens (including phenoxy) is 1. The van der Waals surface area contributed by atoms with E-state index in [-0.39, 0.29) is 5.56 Å². The highest BCUT2D eigenvalue weighted by atomic mass is 16.5. The van der Waals surface area contributed by atoms with Crippen LogP contribution in [0.1, 0.15) is 5.56 Å². The number of rotatable bonds is 3. The fraction of sp³-hybridized carbons (Fsp3) is 0.389. The molecule has 1 aromatic heterocycles. The van der Waals surface area contributed by atoms with Gasteiger partial charge in [-0.1, -0.05) is 6.07 Å². The van der Waals surface area contributed by atoms with Gasteiger partial charge in [0.1, 0.15) is 17.6 Å². The molecule has 0 N–H and O–H groups in total. The lowest BCUT2D eigenvalue weighted by molar-refractivity contribution is 0.414. The quantitative estimate of drug-likeness (QED) is 0.787. The maximum absolute atomic E-state index is 12.3. The predicted octanol–water partition coefficient (Wildman–Crippen LogP) is 0.291. The summed E-state index contributed by atoms with van der Waals surface area (Å²) in [5, 5.41) is 9.43. The van der Waals surface area contributed by atoms with Crippen molar-refractivity contribution in [1.82, 2.24) is 9.13 Å². The van der Waals surface area contributed by atoms with Crippen molar-refractivity contribution in [3.05, 3.63) is 50.7 Å². The van der Waals surface area contributed by atoms with E-state index in [0.29, 0.717) is 32.0 Å². The van der Waals surface area contributed by atoms with Crippen LogP contribution in [0.3, 0.4) is 0 Å². The van der Waals surface area contributed by atoms with E-state index in [0.717, 1.165) is 16.0 Å². The minimum absolute atomic E-state index is 0.00410. The molecular weight excluding hydrogens is 334 g/mol. The van der Waals surface area contributed by atoms with Crippen LogP contribution >= 0.6 is 0 Å². The van der Waals surface area contributed by atoms with Gasteiger partial charge in [0, 0.05) is 52.0 Å². The molecule has 2 aromatic rings. The molecule has 0 bridgehead atoms. The molecular formula is C18H21N5O3. The maximum atomic E-state index is 12.3. The number of nitriles is 1. The molecule has 3 rings (SSSR count). The van der Waals surface area contributed by atoms with Crippen molar-refractivity contribution in [3.8, 4) is 11.8 Å². The standard InChI is InChI=1S/C18H21N5O3/c1-20-16(15(12-19)17(24)21(2)18(20)25)23-9-7-22(8-10-23)13-5-4-6-14(11-13)26-3/h4-6,11H,7-10H2,1-3H3. The number of hydrogen-bond acceptors (Lipinski definition) is 6. The average molecular weight is 355 g/mol. The zero-order valence-corrected chi connectivity index (χ0v) is 15.1. The van der Waals surface area contributed by atoms with Crippen LogP contribution in [-0.2, 0) is 14.1 Å². The second-order valence-electron chi connectivity index (χ2n) is 6.19. The monoisotopic (exact) mass is 355 g/mol. The summed E-state index contributed by atoms with van der Waals surface area (Å²) in [4.78, 5) is 28.7. The molecule has 1 aromatic carbocycles. The highest BCUT2D eigenvalue weighted by molar-refractivity contribution is 5.56. The van der Waals surface area contributed by atoms with Gasteiger partial charge in [0.15, 0.2) is 5.56 Å². The lowest BCUT2D eigenvalue weighted by Gasteiger charge is -2.38. The zero-order valence-electron chi connectivity index (χ0n) is 15.1. The van der Waals surface area contributed by atoms with E-state index in [1.807, 2.05) is 35.2 Å². The Bertz CT molecular complexity index is 978. The topological polar surface area (TPSA) is 83.5 Å². The van der Waals surface area contributed by atoms with Gasteiger partial charge in [0.05, 0.1) is 7.11 Å². The van der Waals surface area contributed by atoms with Crippen molar-refractivity contribution in [1.29, 1.82) is 5.26 Å². The summed E-state index contributed by atoms with van der Waals surface area (Å²) < 4.78 is 7.61. The van der Waals surface area contributed by atoms with Gasteiger partial charge in [-0.05, 0) is 12.1 Å². The summed E-state index contributed by atoms with van der Waals surface area (Å²) in [5.74, 6) is 1.19. The molecule has 2 heterocycles. The zero-order chi connectivity index (χ0) is 18.8. The summed E-state index contributed by atoms with van der Waals surface area (Å²) in [5.41, 5.74) is 0.0758. The van der Waals surface area contributed by atoms with Crippen LogP contribution in [0.4, 0.5) is 11.5 Å². The van der Waals surface area contributed by atoms with E-state index in [4.69, 9.17) is 4.74 Å². The Hall–Kier alpha value is -3.21. The first-order valence-electron chi connectivity index (χ1n) is 8.32. The lowest BCUT2D eigenvalue weighted by Crippen LogP contribution is -2.50. The van der Waals surface area contributed by atoms with Gasteiger partial charge in [0.25, 0.3) is 5.56 Å². The molecule has 8 heteroatoms. The Morgan fingerprint density at radius 3 is 2.31 bits per heavy atom. The number of hydrogen-bond donors (Lipinski definition) is 0. The smallest absolute Gasteiger partial charge is 0.332 e. The largest absolute Gasteiger partial charge is 0.497 e. The average Bonchev–Trinajstić information content (AvgIpc) is 2.69. The van der Waals surface area contributed by atoms with Crippen LogP contribution in [0, 0.1) is 11.3 Å². The van der Waals surface area contributed by atoms with Gasteiger partial charge in [-0.25, -0.2) is 4.79 Å². The van der Waals surface area contributed by atoms with Gasteiger partial charge in [0.2, 0.25) is 0 Å². The maximum Gasteiger partial charge on any atom is 0.332 e. The van der Waals surface area contributed by atoms with Crippen LogP contribution < -0.4 is 25.8 Å². The predicted molar refractivity (Wildman–Crippen MR) is 99.1 cm³/mol. The first-order valence-corrected chi connectivity index (χ1v) is 8.32. The van der Waals surface area contributed by atoms with Crippen molar-refractivity contribution in [3.63, 3.8) is 0 Å². The molecule has 1 aliphatic rings. The minimum atomic E-state index is -0.555. The molecule has 0 aliphatic carbocycles. The normalized spacial score (nSPS) is 14.2. The Balaban J connectivity index is 1.88. The van der Waals surface area contributed by atoms with E-state index in [9.17, 15) is 14.9 Å². The van der Waals surface area contributed by atoms with Crippen LogP contribution in [-0.4, -0.2) is 42.4 Å². The fourth-order valence-corrected chi connectivity index (χ4v) is 3.29. The molecule has 136 valence electrons. The summed E-state index contributed by atoms with van der Waals surface area (Å²) in [7, 11) is 4.61. The molecule has 0 atom stereocenters. The molecule has 0 unspecified atom stereocenters. The van der Waals surface area contributed by atoms with Crippen molar-refractivity contribution < 1.29 is 4.74 Å². The summed E-state index contributed by atoms with van der Waals surface area (Å²) >= 11 is 0. The van der Waals surface area contributed by atoms with Crippen molar-refractivity contribution in [2.24, 2.45) is 14.1 Å². The molecule has 1 fully saturated rings. The van der Waals surface area contributed by atoms with E-state index >= 15 is 0 Å². The third-order valence-electron chi connectivity index (χ3n) is 4.74. The summed E-state index contributed by atoms with van der Waals surface area (Å²) in [6.07, 6.45) is 0. The van der Waals surface area contributed by atoms with Crippen LogP contribution in [0.15, 0.2) is 33.9 Å². The number of methoxy groups -OCH3 is 1. The molecule has 0 saturated carbocycles. The highest BCUT2D eigenvalue weighted by Crippen LogP contribution is 2.24. The second kappa shape index (κ2) is 6.96. The second-order valence-corrected chi connectivity index (χ2v) is 6.19. The third kappa shape index (κ3) is 2.92. The summed E-state index contributed by atoms with van der Waals surface area (Å²) in [6.45, 7) is 2.63. The number of piperazine rings is 1. The highest BCUT2D eigenvalue weighted by Gasteiger charge is 2.25. The first kappa shape index (κ1) is 17.6. The molecule has 8 nitrogen and oxygen atoms in total. The lowest BCUT2D eigenvalue weighted by atomic mass is 10.2. The fourth-order valence-electron chi connectivity index (χ4n) is 3.29. The van der Waals surface area contributed by atoms with Gasteiger partial charge in [-0.3, -0.25) is 13.9 Å². The minimum Gasteiger partial charge on any atom is -0.497 e. The molecule has 1 saturated heterocycles. The Morgan fingerprint density at radius 1 is 1.04 bits per heavy atom. The Morgan fingerprint density at radius 2 is 1.69 bits per heavy atom. The van der Waals surface area contributed by atoms with E-state index in [2.05, 4.69) is 4.90 Å². The SMILES string of the molecule is COc1cccc(N2CCN(c3c(C#N)c(=O)n(C)c(=O)n3C)CC2)c1. The molecule has 1 aliphatic heterocycles. The van der Waals surface area contributed by atoms with Crippen LogP contribution in [0.25, 0.3) is 0 Å². The number of aromatic nitrogens is 2. The van der Waals surface area contributed by atoms with Crippen molar-refractivity contribution in [2.75, 3.05) is 43.1 Å². The number of nitrogens with zero attached hydrogens (tertiary/aromatic N) is 5. The van der Waals surface area contributed by atoms with E-state index < -0.39 is 11.2 Å². The van der Waals surface area contributed by atoms with Crippen LogP contribution in [0.5, 0.6) is 5.75 Å². The molecule has 0 radical (unpaired) electrons. The first-order chi connectivity index (χ1) is 12.5. The van der Waals surface area contributed by atoms with E-state index in [1.165, 1.54) is 11.6 Å². The molecule has 26 heavy (non-hydrogen) atoms. The van der Waals surface area contributed by atoms with Gasteiger partial charge >= 0.3 is 5.69 Å². The number of anilines is 2. The summed E-state index contributed by atoms with van der Waals surface area (Å²) in [6, 6.07) is 9.80. The van der Waals surface area contributed by atoms with Crippen LogP contribution in [0.2, 0.25) is 0 Å². The molecule has 0 spiro atoms.